The van der Waals surface area contributed by atoms with Crippen molar-refractivity contribution in [1.82, 2.24) is 0 Å². The third-order valence-corrected chi connectivity index (χ3v) is 4.17. The Morgan fingerprint density at radius 3 is 2.58 bits per heavy atom. The van der Waals surface area contributed by atoms with Crippen molar-refractivity contribution in [1.29, 1.82) is 0 Å². The summed E-state index contributed by atoms with van der Waals surface area (Å²) in [6.45, 7) is 2.34. The van der Waals surface area contributed by atoms with E-state index in [4.69, 9.17) is 9.47 Å². The number of benzene rings is 2. The van der Waals surface area contributed by atoms with Crippen LogP contribution < -0.4 is 14.8 Å². The van der Waals surface area contributed by atoms with Gasteiger partial charge in [0.15, 0.2) is 0 Å². The van der Waals surface area contributed by atoms with Gasteiger partial charge < -0.3 is 14.2 Å². The molecule has 1 amide bonds. The molecule has 0 aliphatic rings. The number of carbonyl (C=O) groups is 1. The van der Waals surface area contributed by atoms with Gasteiger partial charge in [-0.2, -0.15) is 0 Å². The van der Waals surface area contributed by atoms with Crippen molar-refractivity contribution in [3.05, 3.63) is 52.0 Å². The second-order valence-corrected chi connectivity index (χ2v) is 5.86. The van der Waals surface area contributed by atoms with E-state index in [9.17, 15) is 4.79 Å². The topological polar surface area (TPSA) is 56.8 Å². The number of anilines is 1. The largest absolute Gasteiger partial charge is 0.496 e. The minimum atomic E-state index is -0.544. The first kappa shape index (κ1) is 18.1. The van der Waals surface area contributed by atoms with E-state index >= 15 is 0 Å². The zero-order chi connectivity index (χ0) is 17.5. The molecule has 0 aliphatic heterocycles. The lowest BCUT2D eigenvalue weighted by Crippen LogP contribution is -2.14. The van der Waals surface area contributed by atoms with Gasteiger partial charge in [-0.25, -0.2) is 4.79 Å². The standard InChI is InChI=1S/C18H20BrNO4/c1-4-12-8-9-17(14(19)10-12)24-11-13-15(20-18(21)23-3)6-5-7-16(13)22-2/h5-10H,4,11H2,1-3H3,(H,20,21). The molecule has 2 aromatic rings. The Morgan fingerprint density at radius 1 is 1.17 bits per heavy atom. The van der Waals surface area contributed by atoms with Crippen LogP contribution in [0.2, 0.25) is 0 Å². The highest BCUT2D eigenvalue weighted by atomic mass is 79.9. The van der Waals surface area contributed by atoms with Crippen molar-refractivity contribution < 1.29 is 19.0 Å². The monoisotopic (exact) mass is 393 g/mol. The number of hydrogen-bond acceptors (Lipinski definition) is 4. The van der Waals surface area contributed by atoms with Crippen LogP contribution >= 0.6 is 15.9 Å². The van der Waals surface area contributed by atoms with Crippen LogP contribution in [0, 0.1) is 0 Å². The molecule has 0 aromatic heterocycles. The average Bonchev–Trinajstić information content (AvgIpc) is 2.60. The number of methoxy groups -OCH3 is 2. The molecule has 1 N–H and O–H groups in total. The van der Waals surface area contributed by atoms with Gasteiger partial charge in [-0.1, -0.05) is 19.1 Å². The number of carbonyl (C=O) groups excluding carboxylic acids is 1. The molecule has 0 heterocycles. The van der Waals surface area contributed by atoms with Crippen LogP contribution in [0.1, 0.15) is 18.1 Å². The van der Waals surface area contributed by atoms with Crippen LogP contribution in [0.25, 0.3) is 0 Å². The van der Waals surface area contributed by atoms with Gasteiger partial charge in [0.05, 0.1) is 29.9 Å². The average molecular weight is 394 g/mol. The van der Waals surface area contributed by atoms with Crippen molar-refractivity contribution in [2.24, 2.45) is 0 Å². The van der Waals surface area contributed by atoms with Crippen LogP contribution in [0.3, 0.4) is 0 Å². The number of hydrogen-bond donors (Lipinski definition) is 1. The summed E-state index contributed by atoms with van der Waals surface area (Å²) in [7, 11) is 2.89. The molecule has 24 heavy (non-hydrogen) atoms. The van der Waals surface area contributed by atoms with Gasteiger partial charge in [0.1, 0.15) is 18.1 Å². The summed E-state index contributed by atoms with van der Waals surface area (Å²) in [6.07, 6.45) is 0.413. The maximum absolute atomic E-state index is 11.5. The highest BCUT2D eigenvalue weighted by Gasteiger charge is 2.13. The van der Waals surface area contributed by atoms with E-state index in [1.807, 2.05) is 24.3 Å². The third-order valence-electron chi connectivity index (χ3n) is 3.55. The van der Waals surface area contributed by atoms with E-state index in [0.29, 0.717) is 11.4 Å². The molecule has 0 fully saturated rings. The lowest BCUT2D eigenvalue weighted by atomic mass is 10.1. The van der Waals surface area contributed by atoms with Crippen LogP contribution in [-0.2, 0) is 17.8 Å². The van der Waals surface area contributed by atoms with Crippen molar-refractivity contribution >= 4 is 27.7 Å². The number of amides is 1. The van der Waals surface area contributed by atoms with Crippen molar-refractivity contribution in [3.8, 4) is 11.5 Å². The number of halogens is 1. The number of aryl methyl sites for hydroxylation is 1. The molecule has 0 aliphatic carbocycles. The van der Waals surface area contributed by atoms with Crippen LogP contribution in [0.5, 0.6) is 11.5 Å². The molecule has 2 rings (SSSR count). The Balaban J connectivity index is 2.23. The zero-order valence-electron chi connectivity index (χ0n) is 13.9. The molecule has 0 unspecified atom stereocenters. The molecule has 0 atom stereocenters. The first-order valence-electron chi connectivity index (χ1n) is 7.51. The molecule has 0 spiro atoms. The molecular formula is C18H20BrNO4. The summed E-state index contributed by atoms with van der Waals surface area (Å²) in [5, 5.41) is 2.67. The third kappa shape index (κ3) is 4.41. The summed E-state index contributed by atoms with van der Waals surface area (Å²) in [4.78, 5) is 11.5. The van der Waals surface area contributed by atoms with Crippen LogP contribution in [0.4, 0.5) is 10.5 Å². The van der Waals surface area contributed by atoms with Gasteiger partial charge in [0.25, 0.3) is 0 Å². The molecule has 0 saturated heterocycles. The summed E-state index contributed by atoms with van der Waals surface area (Å²) < 4.78 is 16.8. The normalized spacial score (nSPS) is 10.2. The van der Waals surface area contributed by atoms with E-state index in [-0.39, 0.29) is 6.61 Å². The number of ether oxygens (including phenoxy) is 3. The first-order chi connectivity index (χ1) is 11.6. The van der Waals surface area contributed by atoms with E-state index in [0.717, 1.165) is 22.2 Å². The summed E-state index contributed by atoms with van der Waals surface area (Å²) in [6, 6.07) is 11.4. The van der Waals surface area contributed by atoms with Gasteiger partial charge in [-0.3, -0.25) is 5.32 Å². The smallest absolute Gasteiger partial charge is 0.411 e. The lowest BCUT2D eigenvalue weighted by molar-refractivity contribution is 0.187. The maximum atomic E-state index is 11.5. The molecule has 5 nitrogen and oxygen atoms in total. The van der Waals surface area contributed by atoms with Crippen LogP contribution in [-0.4, -0.2) is 20.3 Å². The molecular weight excluding hydrogens is 374 g/mol. The lowest BCUT2D eigenvalue weighted by Gasteiger charge is -2.16. The second kappa shape index (κ2) is 8.59. The fourth-order valence-corrected chi connectivity index (χ4v) is 2.76. The Morgan fingerprint density at radius 2 is 1.96 bits per heavy atom. The molecule has 0 saturated carbocycles. The predicted octanol–water partition coefficient (Wildman–Crippen LogP) is 4.78. The quantitative estimate of drug-likeness (QED) is 0.767. The zero-order valence-corrected chi connectivity index (χ0v) is 15.5. The van der Waals surface area contributed by atoms with Gasteiger partial charge in [0, 0.05) is 0 Å². The van der Waals surface area contributed by atoms with Crippen molar-refractivity contribution in [2.75, 3.05) is 19.5 Å². The van der Waals surface area contributed by atoms with Gasteiger partial charge in [-0.15, -0.1) is 0 Å². The number of nitrogens with one attached hydrogen (secondary N) is 1. The summed E-state index contributed by atoms with van der Waals surface area (Å²) in [5.41, 5.74) is 2.54. The SMILES string of the molecule is CCc1ccc(OCc2c(NC(=O)OC)cccc2OC)c(Br)c1. The minimum absolute atomic E-state index is 0.243. The van der Waals surface area contributed by atoms with E-state index in [1.54, 1.807) is 19.2 Å². The maximum Gasteiger partial charge on any atom is 0.411 e. The van der Waals surface area contributed by atoms with Crippen molar-refractivity contribution in [2.45, 2.75) is 20.0 Å². The van der Waals surface area contributed by atoms with Gasteiger partial charge >= 0.3 is 6.09 Å². The molecule has 6 heteroatoms. The van der Waals surface area contributed by atoms with Gasteiger partial charge in [-0.05, 0) is 52.2 Å². The Hall–Kier alpha value is -2.21. The predicted molar refractivity (Wildman–Crippen MR) is 96.9 cm³/mol. The highest BCUT2D eigenvalue weighted by molar-refractivity contribution is 9.10. The number of rotatable bonds is 6. The van der Waals surface area contributed by atoms with E-state index in [1.165, 1.54) is 12.7 Å². The Labute approximate surface area is 150 Å². The molecule has 0 bridgehead atoms. The van der Waals surface area contributed by atoms with Crippen LogP contribution in [0.15, 0.2) is 40.9 Å². The van der Waals surface area contributed by atoms with Crippen molar-refractivity contribution in [3.63, 3.8) is 0 Å². The first-order valence-corrected chi connectivity index (χ1v) is 8.30. The fraction of sp³-hybridized carbons (Fsp3) is 0.278. The van der Waals surface area contributed by atoms with Gasteiger partial charge in [0.2, 0.25) is 0 Å². The Bertz CT molecular complexity index is 718. The molecule has 2 aromatic carbocycles. The summed E-state index contributed by atoms with van der Waals surface area (Å²) in [5.74, 6) is 1.35. The highest BCUT2D eigenvalue weighted by Crippen LogP contribution is 2.31. The summed E-state index contributed by atoms with van der Waals surface area (Å²) >= 11 is 3.52. The molecule has 128 valence electrons. The fourth-order valence-electron chi connectivity index (χ4n) is 2.22. The Kier molecular flexibility index (Phi) is 6.49. The van der Waals surface area contributed by atoms with E-state index in [2.05, 4.69) is 32.9 Å². The van der Waals surface area contributed by atoms with E-state index < -0.39 is 6.09 Å². The molecule has 0 radical (unpaired) electrons. The minimum Gasteiger partial charge on any atom is -0.496 e. The second-order valence-electron chi connectivity index (χ2n) is 5.01.